The van der Waals surface area contributed by atoms with Crippen molar-refractivity contribution in [1.29, 1.82) is 0 Å². The molecule has 1 aromatic rings. The van der Waals surface area contributed by atoms with Crippen LogP contribution < -0.4 is 10.2 Å². The van der Waals surface area contributed by atoms with Crippen LogP contribution in [-0.2, 0) is 25.5 Å². The Morgan fingerprint density at radius 2 is 1.47 bits per heavy atom. The van der Waals surface area contributed by atoms with Gasteiger partial charge in [-0.3, -0.25) is 9.69 Å². The van der Waals surface area contributed by atoms with Gasteiger partial charge >= 0.3 is 24.1 Å². The normalized spacial score (nSPS) is 13.3. The van der Waals surface area contributed by atoms with Gasteiger partial charge in [-0.15, -0.1) is 0 Å². The standard InChI is InChI=1S/C25H37FN2O8/c1-24(2,3)35-22(33)27-19(21(31)32)12-9-17(20(29)30)15-16-7-10-18(11-8-16)28(14-13-26)23(34)36-25(4,5)6/h7-8,10-11,17,19H,9,12-15H2,1-6H3,(H,27,33)(H,29,30)(H,31,32)/t17?,19-/m0/s1. The highest BCUT2D eigenvalue weighted by Crippen LogP contribution is 2.22. The summed E-state index contributed by atoms with van der Waals surface area (Å²) in [6.45, 7) is 9.04. The molecule has 10 nitrogen and oxygen atoms in total. The first-order valence-electron chi connectivity index (χ1n) is 11.6. The molecular weight excluding hydrogens is 475 g/mol. The number of amides is 2. The Balaban J connectivity index is 2.88. The minimum Gasteiger partial charge on any atom is -0.481 e. The number of ether oxygens (including phenoxy) is 2. The van der Waals surface area contributed by atoms with E-state index in [-0.39, 0.29) is 25.8 Å². The predicted octanol–water partition coefficient (Wildman–Crippen LogP) is 4.40. The van der Waals surface area contributed by atoms with Gasteiger partial charge in [-0.2, -0.15) is 0 Å². The van der Waals surface area contributed by atoms with Crippen LogP contribution >= 0.6 is 0 Å². The van der Waals surface area contributed by atoms with Gasteiger partial charge in [0.2, 0.25) is 0 Å². The van der Waals surface area contributed by atoms with Crippen molar-refractivity contribution in [3.63, 3.8) is 0 Å². The fourth-order valence-corrected chi connectivity index (χ4v) is 3.21. The summed E-state index contributed by atoms with van der Waals surface area (Å²) in [4.78, 5) is 48.9. The molecule has 1 aromatic carbocycles. The number of rotatable bonds is 11. The number of anilines is 1. The molecule has 0 aromatic heterocycles. The van der Waals surface area contributed by atoms with E-state index in [0.717, 1.165) is 4.90 Å². The average molecular weight is 513 g/mol. The van der Waals surface area contributed by atoms with Crippen LogP contribution in [-0.4, -0.2) is 64.8 Å². The van der Waals surface area contributed by atoms with Crippen LogP contribution in [0.3, 0.4) is 0 Å². The fourth-order valence-electron chi connectivity index (χ4n) is 3.21. The Morgan fingerprint density at radius 1 is 0.917 bits per heavy atom. The third-order valence-corrected chi connectivity index (χ3v) is 4.79. The van der Waals surface area contributed by atoms with Gasteiger partial charge in [0.25, 0.3) is 0 Å². The van der Waals surface area contributed by atoms with Gasteiger partial charge in [-0.05, 0) is 78.5 Å². The van der Waals surface area contributed by atoms with E-state index in [1.807, 2.05) is 0 Å². The second kappa shape index (κ2) is 13.1. The summed E-state index contributed by atoms with van der Waals surface area (Å²) in [5.74, 6) is -3.34. The lowest BCUT2D eigenvalue weighted by molar-refractivity contribution is -0.143. The summed E-state index contributed by atoms with van der Waals surface area (Å²) in [6, 6.07) is 5.06. The lowest BCUT2D eigenvalue weighted by atomic mass is 9.93. The number of hydrogen-bond acceptors (Lipinski definition) is 6. The van der Waals surface area contributed by atoms with Crippen molar-refractivity contribution < 1.29 is 43.3 Å². The summed E-state index contributed by atoms with van der Waals surface area (Å²) in [5, 5.41) is 21.3. The number of halogens is 1. The Bertz CT molecular complexity index is 906. The van der Waals surface area contributed by atoms with Gasteiger partial charge in [0.05, 0.1) is 12.5 Å². The minimum atomic E-state index is -1.31. The third-order valence-electron chi connectivity index (χ3n) is 4.79. The summed E-state index contributed by atoms with van der Waals surface area (Å²) < 4.78 is 23.4. The summed E-state index contributed by atoms with van der Waals surface area (Å²) in [6.07, 6.45) is -1.65. The highest BCUT2D eigenvalue weighted by Gasteiger charge is 2.27. The number of carboxylic acid groups (broad SMARTS) is 2. The quantitative estimate of drug-likeness (QED) is 0.396. The molecule has 0 spiro atoms. The number of alkyl carbamates (subject to hydrolysis) is 1. The first kappa shape index (κ1) is 30.7. The van der Waals surface area contributed by atoms with E-state index in [1.165, 1.54) is 0 Å². The zero-order chi connectivity index (χ0) is 27.7. The third kappa shape index (κ3) is 11.4. The Kier molecular flexibility index (Phi) is 11.1. The second-order valence-corrected chi connectivity index (χ2v) is 10.3. The number of hydrogen-bond donors (Lipinski definition) is 3. The number of carbonyl (C=O) groups excluding carboxylic acids is 2. The first-order valence-corrected chi connectivity index (χ1v) is 11.6. The van der Waals surface area contributed by atoms with Crippen molar-refractivity contribution in [3.8, 4) is 0 Å². The van der Waals surface area contributed by atoms with Crippen molar-refractivity contribution in [2.24, 2.45) is 5.92 Å². The van der Waals surface area contributed by atoms with Gasteiger partial charge in [0.1, 0.15) is 23.9 Å². The highest BCUT2D eigenvalue weighted by atomic mass is 19.1. The van der Waals surface area contributed by atoms with Crippen LogP contribution in [0.5, 0.6) is 0 Å². The molecule has 0 aliphatic heterocycles. The van der Waals surface area contributed by atoms with E-state index >= 15 is 0 Å². The number of carbonyl (C=O) groups is 4. The van der Waals surface area contributed by atoms with E-state index < -0.39 is 54.0 Å². The average Bonchev–Trinajstić information content (AvgIpc) is 2.71. The molecule has 0 saturated carbocycles. The zero-order valence-corrected chi connectivity index (χ0v) is 21.7. The Morgan fingerprint density at radius 3 is 1.92 bits per heavy atom. The highest BCUT2D eigenvalue weighted by molar-refractivity contribution is 5.88. The maximum Gasteiger partial charge on any atom is 0.414 e. The van der Waals surface area contributed by atoms with E-state index in [4.69, 9.17) is 9.47 Å². The molecule has 2 amide bonds. The molecule has 0 fully saturated rings. The molecule has 3 N–H and O–H groups in total. The lowest BCUT2D eigenvalue weighted by Crippen LogP contribution is -2.43. The van der Waals surface area contributed by atoms with Crippen LogP contribution in [0.25, 0.3) is 0 Å². The van der Waals surface area contributed by atoms with Gasteiger partial charge in [0, 0.05) is 5.69 Å². The van der Waals surface area contributed by atoms with Crippen molar-refractivity contribution in [2.75, 3.05) is 18.1 Å². The van der Waals surface area contributed by atoms with Gasteiger partial charge in [0.15, 0.2) is 0 Å². The van der Waals surface area contributed by atoms with E-state index in [0.29, 0.717) is 11.3 Å². The van der Waals surface area contributed by atoms with E-state index in [9.17, 15) is 33.8 Å². The molecule has 0 bridgehead atoms. The van der Waals surface area contributed by atoms with Crippen molar-refractivity contribution >= 4 is 29.8 Å². The van der Waals surface area contributed by atoms with Crippen LogP contribution in [0.2, 0.25) is 0 Å². The van der Waals surface area contributed by atoms with Crippen molar-refractivity contribution in [2.45, 2.75) is 78.0 Å². The van der Waals surface area contributed by atoms with E-state index in [1.54, 1.807) is 65.8 Å². The van der Waals surface area contributed by atoms with Crippen molar-refractivity contribution in [3.05, 3.63) is 29.8 Å². The second-order valence-electron chi connectivity index (χ2n) is 10.3. The van der Waals surface area contributed by atoms with Crippen LogP contribution in [0.1, 0.15) is 59.9 Å². The maximum absolute atomic E-state index is 13.0. The monoisotopic (exact) mass is 512 g/mol. The van der Waals surface area contributed by atoms with Crippen LogP contribution in [0, 0.1) is 5.92 Å². The molecule has 202 valence electrons. The molecule has 1 unspecified atom stereocenters. The number of nitrogens with one attached hydrogen (secondary N) is 1. The molecule has 11 heteroatoms. The molecule has 0 aliphatic carbocycles. The number of aliphatic carboxylic acids is 2. The maximum atomic E-state index is 13.0. The summed E-state index contributed by atoms with van der Waals surface area (Å²) in [7, 11) is 0. The number of nitrogens with zero attached hydrogens (tertiary/aromatic N) is 1. The van der Waals surface area contributed by atoms with Crippen molar-refractivity contribution in [1.82, 2.24) is 5.32 Å². The topological polar surface area (TPSA) is 142 Å². The first-order chi connectivity index (χ1) is 16.5. The Labute approximate surface area is 210 Å². The SMILES string of the molecule is CC(C)(C)OC(=O)N[C@@H](CCC(Cc1ccc(N(CCF)C(=O)OC(C)(C)C)cc1)C(=O)O)C(=O)O. The summed E-state index contributed by atoms with van der Waals surface area (Å²) in [5.41, 5.74) is -0.550. The van der Waals surface area contributed by atoms with Gasteiger partial charge < -0.3 is 25.0 Å². The van der Waals surface area contributed by atoms with Crippen LogP contribution in [0.15, 0.2) is 24.3 Å². The molecule has 0 saturated heterocycles. The molecule has 36 heavy (non-hydrogen) atoms. The lowest BCUT2D eigenvalue weighted by Gasteiger charge is -2.27. The molecule has 2 atom stereocenters. The largest absolute Gasteiger partial charge is 0.481 e. The number of benzene rings is 1. The van der Waals surface area contributed by atoms with Gasteiger partial charge in [-0.1, -0.05) is 12.1 Å². The molecule has 0 aliphatic rings. The van der Waals surface area contributed by atoms with Gasteiger partial charge in [-0.25, -0.2) is 18.8 Å². The van der Waals surface area contributed by atoms with E-state index in [2.05, 4.69) is 5.32 Å². The fraction of sp³-hybridized carbons (Fsp3) is 0.600. The minimum absolute atomic E-state index is 0.0181. The number of alkyl halides is 1. The summed E-state index contributed by atoms with van der Waals surface area (Å²) >= 11 is 0. The zero-order valence-electron chi connectivity index (χ0n) is 21.7. The molecule has 0 heterocycles. The smallest absolute Gasteiger partial charge is 0.414 e. The molecule has 0 radical (unpaired) electrons. The predicted molar refractivity (Wildman–Crippen MR) is 131 cm³/mol. The van der Waals surface area contributed by atoms with Crippen LogP contribution in [0.4, 0.5) is 19.7 Å². The number of carboxylic acids is 2. The molecule has 1 rings (SSSR count). The Hall–Kier alpha value is -3.37. The molecular formula is C25H37FN2O8.